The lowest BCUT2D eigenvalue weighted by atomic mass is 9.97. The average molecular weight is 508 g/mol. The molecule has 0 bridgehead atoms. The van der Waals surface area contributed by atoms with Crippen LogP contribution in [-0.4, -0.2) is 59.2 Å². The highest BCUT2D eigenvalue weighted by molar-refractivity contribution is 6.06. The molecule has 0 spiro atoms. The molecule has 0 aliphatic carbocycles. The van der Waals surface area contributed by atoms with Gasteiger partial charge >= 0.3 is 0 Å². The van der Waals surface area contributed by atoms with Crippen molar-refractivity contribution in [3.8, 4) is 22.8 Å². The third-order valence-electron chi connectivity index (χ3n) is 7.16. The van der Waals surface area contributed by atoms with Crippen LogP contribution in [0.2, 0.25) is 0 Å². The number of pyridine rings is 1. The number of primary amides is 1. The van der Waals surface area contributed by atoms with Crippen molar-refractivity contribution in [2.24, 2.45) is 11.7 Å². The number of aryl methyl sites for hydroxylation is 1. The van der Waals surface area contributed by atoms with E-state index in [1.165, 1.54) is 0 Å². The van der Waals surface area contributed by atoms with Gasteiger partial charge in [-0.25, -0.2) is 4.98 Å². The van der Waals surface area contributed by atoms with Crippen molar-refractivity contribution in [2.45, 2.75) is 64.7 Å². The number of hydrogen-bond donors (Lipinski definition) is 2. The van der Waals surface area contributed by atoms with Crippen LogP contribution in [0.25, 0.3) is 21.9 Å². The number of nitrogens with one attached hydrogen (secondary N) is 1. The van der Waals surface area contributed by atoms with E-state index in [1.54, 1.807) is 6.07 Å². The first-order chi connectivity index (χ1) is 18.0. The second-order valence-corrected chi connectivity index (χ2v) is 10.3. The molecule has 5 rings (SSSR count). The molecular weight excluding hydrogens is 470 g/mol. The number of ether oxygens (including phenoxy) is 3. The maximum absolute atomic E-state index is 12.4. The first-order valence-corrected chi connectivity index (χ1v) is 13.4. The van der Waals surface area contributed by atoms with Gasteiger partial charge in [-0.3, -0.25) is 9.48 Å². The van der Waals surface area contributed by atoms with E-state index in [2.05, 4.69) is 10.4 Å². The van der Waals surface area contributed by atoms with E-state index in [1.807, 2.05) is 43.2 Å². The number of amides is 1. The molecule has 3 N–H and O–H groups in total. The summed E-state index contributed by atoms with van der Waals surface area (Å²) in [6.07, 6.45) is 10.9. The molecule has 0 saturated carbocycles. The molecule has 3 aromatic rings. The lowest BCUT2D eigenvalue weighted by molar-refractivity contribution is 0.0623. The first kappa shape index (κ1) is 25.5. The van der Waals surface area contributed by atoms with Gasteiger partial charge in [0.15, 0.2) is 0 Å². The summed E-state index contributed by atoms with van der Waals surface area (Å²) in [5.41, 5.74) is 7.92. The summed E-state index contributed by atoms with van der Waals surface area (Å²) in [6.45, 7) is 8.17. The second kappa shape index (κ2) is 11.5. The van der Waals surface area contributed by atoms with E-state index >= 15 is 0 Å². The fourth-order valence-corrected chi connectivity index (χ4v) is 5.16. The van der Waals surface area contributed by atoms with Crippen LogP contribution in [0.5, 0.6) is 11.6 Å². The number of nitrogens with two attached hydrogens (primary N) is 1. The topological polar surface area (TPSA) is 114 Å². The highest BCUT2D eigenvalue weighted by Crippen LogP contribution is 2.38. The standard InChI is InChI=1S/C28H37N5O4/c1-18(2)36-26-13-23-22(12-24(26)27(29)34)25(16-31-28(23)37-21-4-3-8-30-15-21)20-14-32-33(17-20)9-5-19-6-10-35-11-7-19/h12-14,16-19,21,30H,3-11,15H2,1-2H3,(H2,29,34). The van der Waals surface area contributed by atoms with Crippen LogP contribution in [0.4, 0.5) is 0 Å². The molecule has 4 heterocycles. The fourth-order valence-electron chi connectivity index (χ4n) is 5.16. The predicted octanol–water partition coefficient (Wildman–Crippen LogP) is 3.93. The van der Waals surface area contributed by atoms with Crippen LogP contribution in [0.1, 0.15) is 56.3 Å². The summed E-state index contributed by atoms with van der Waals surface area (Å²) >= 11 is 0. The molecule has 2 aliphatic heterocycles. The average Bonchev–Trinajstić information content (AvgIpc) is 3.37. The lowest BCUT2D eigenvalue weighted by Gasteiger charge is -2.24. The maximum Gasteiger partial charge on any atom is 0.252 e. The highest BCUT2D eigenvalue weighted by Gasteiger charge is 2.22. The van der Waals surface area contributed by atoms with Crippen molar-refractivity contribution < 1.29 is 19.0 Å². The van der Waals surface area contributed by atoms with Gasteiger partial charge in [0, 0.05) is 55.2 Å². The molecule has 2 fully saturated rings. The Bertz CT molecular complexity index is 1230. The molecular formula is C28H37N5O4. The molecule has 2 saturated heterocycles. The van der Waals surface area contributed by atoms with Crippen molar-refractivity contribution >= 4 is 16.7 Å². The zero-order chi connectivity index (χ0) is 25.8. The van der Waals surface area contributed by atoms with Gasteiger partial charge in [0.25, 0.3) is 5.91 Å². The number of nitrogens with zero attached hydrogens (tertiary/aromatic N) is 3. The summed E-state index contributed by atoms with van der Waals surface area (Å²) in [4.78, 5) is 17.1. The predicted molar refractivity (Wildman–Crippen MR) is 142 cm³/mol. The molecule has 9 nitrogen and oxygen atoms in total. The van der Waals surface area contributed by atoms with Crippen molar-refractivity contribution in [1.29, 1.82) is 0 Å². The molecule has 0 radical (unpaired) electrons. The van der Waals surface area contributed by atoms with Crippen molar-refractivity contribution in [1.82, 2.24) is 20.1 Å². The number of hydrogen-bond acceptors (Lipinski definition) is 7. The minimum Gasteiger partial charge on any atom is -0.490 e. The maximum atomic E-state index is 12.4. The number of benzene rings is 1. The van der Waals surface area contributed by atoms with Crippen LogP contribution in [0.3, 0.4) is 0 Å². The Morgan fingerprint density at radius 1 is 1.22 bits per heavy atom. The van der Waals surface area contributed by atoms with E-state index in [-0.39, 0.29) is 12.2 Å². The summed E-state index contributed by atoms with van der Waals surface area (Å²) in [5, 5.41) is 9.63. The van der Waals surface area contributed by atoms with E-state index in [0.29, 0.717) is 23.1 Å². The Morgan fingerprint density at radius 3 is 2.78 bits per heavy atom. The Morgan fingerprint density at radius 2 is 2.05 bits per heavy atom. The van der Waals surface area contributed by atoms with Crippen molar-refractivity contribution in [2.75, 3.05) is 26.3 Å². The third-order valence-corrected chi connectivity index (χ3v) is 7.16. The Hall–Kier alpha value is -3.17. The lowest BCUT2D eigenvalue weighted by Crippen LogP contribution is -2.37. The summed E-state index contributed by atoms with van der Waals surface area (Å²) in [7, 11) is 0. The molecule has 198 valence electrons. The molecule has 2 aromatic heterocycles. The monoisotopic (exact) mass is 507 g/mol. The molecule has 1 atom stereocenters. The smallest absolute Gasteiger partial charge is 0.252 e. The Kier molecular flexibility index (Phi) is 7.90. The number of rotatable bonds is 9. The summed E-state index contributed by atoms with van der Waals surface area (Å²) in [5.74, 6) is 1.11. The first-order valence-electron chi connectivity index (χ1n) is 13.4. The third kappa shape index (κ3) is 6.05. The highest BCUT2D eigenvalue weighted by atomic mass is 16.5. The number of carbonyl (C=O) groups is 1. The SMILES string of the molecule is CC(C)Oc1cc2c(OC3CCCNC3)ncc(-c3cnn(CCC4CCOCC4)c3)c2cc1C(N)=O. The van der Waals surface area contributed by atoms with Crippen LogP contribution in [-0.2, 0) is 11.3 Å². The van der Waals surface area contributed by atoms with Crippen LogP contribution in [0, 0.1) is 5.92 Å². The molecule has 37 heavy (non-hydrogen) atoms. The van der Waals surface area contributed by atoms with Gasteiger partial charge in [0.2, 0.25) is 5.88 Å². The van der Waals surface area contributed by atoms with Crippen LogP contribution in [0.15, 0.2) is 30.7 Å². The normalized spacial score (nSPS) is 18.8. The van der Waals surface area contributed by atoms with Gasteiger partial charge in [0.1, 0.15) is 11.9 Å². The number of carbonyl (C=O) groups excluding carboxylic acids is 1. The molecule has 1 unspecified atom stereocenters. The largest absolute Gasteiger partial charge is 0.490 e. The van der Waals surface area contributed by atoms with Crippen LogP contribution >= 0.6 is 0 Å². The van der Waals surface area contributed by atoms with Crippen molar-refractivity contribution in [3.63, 3.8) is 0 Å². The molecule has 1 amide bonds. The minimum atomic E-state index is -0.536. The van der Waals surface area contributed by atoms with Gasteiger partial charge in [-0.15, -0.1) is 0 Å². The minimum absolute atomic E-state index is 0.0357. The van der Waals surface area contributed by atoms with E-state index < -0.39 is 5.91 Å². The zero-order valence-corrected chi connectivity index (χ0v) is 21.7. The van der Waals surface area contributed by atoms with E-state index in [0.717, 1.165) is 86.9 Å². The van der Waals surface area contributed by atoms with E-state index in [4.69, 9.17) is 24.9 Å². The van der Waals surface area contributed by atoms with Gasteiger partial charge < -0.3 is 25.3 Å². The van der Waals surface area contributed by atoms with Gasteiger partial charge in [-0.1, -0.05) is 0 Å². The zero-order valence-electron chi connectivity index (χ0n) is 21.7. The van der Waals surface area contributed by atoms with Crippen LogP contribution < -0.4 is 20.5 Å². The van der Waals surface area contributed by atoms with Crippen molar-refractivity contribution in [3.05, 3.63) is 36.3 Å². The number of aromatic nitrogens is 3. The Balaban J connectivity index is 1.51. The van der Waals surface area contributed by atoms with Gasteiger partial charge in [0.05, 0.1) is 17.9 Å². The summed E-state index contributed by atoms with van der Waals surface area (Å²) in [6, 6.07) is 3.64. The number of fused-ring (bicyclic) bond motifs is 1. The number of piperidine rings is 1. The molecule has 2 aliphatic rings. The quantitative estimate of drug-likeness (QED) is 0.451. The fraction of sp³-hybridized carbons (Fsp3) is 0.536. The van der Waals surface area contributed by atoms with E-state index in [9.17, 15) is 4.79 Å². The van der Waals surface area contributed by atoms with Gasteiger partial charge in [-0.05, 0) is 75.9 Å². The second-order valence-electron chi connectivity index (χ2n) is 10.3. The molecule has 1 aromatic carbocycles. The Labute approximate surface area is 217 Å². The van der Waals surface area contributed by atoms with Gasteiger partial charge in [-0.2, -0.15) is 5.10 Å². The molecule has 9 heteroatoms. The summed E-state index contributed by atoms with van der Waals surface area (Å²) < 4.78 is 19.8.